The lowest BCUT2D eigenvalue weighted by Crippen LogP contribution is -2.39. The fraction of sp³-hybridized carbons (Fsp3) is 0.588. The third kappa shape index (κ3) is 6.42. The van der Waals surface area contributed by atoms with Crippen molar-refractivity contribution in [3.8, 4) is 0 Å². The molecule has 0 spiro atoms. The van der Waals surface area contributed by atoms with Crippen LogP contribution >= 0.6 is 24.0 Å². The molecule has 0 saturated heterocycles. The Hall–Kier alpha value is -0.980. The van der Waals surface area contributed by atoms with Crippen molar-refractivity contribution in [3.05, 3.63) is 29.8 Å². The van der Waals surface area contributed by atoms with Gasteiger partial charge < -0.3 is 16.0 Å². The molecule has 1 saturated carbocycles. The third-order valence-corrected chi connectivity index (χ3v) is 4.07. The molecular formula is C17H29IN4. The van der Waals surface area contributed by atoms with E-state index in [9.17, 15) is 0 Å². The van der Waals surface area contributed by atoms with Crippen LogP contribution in [0.5, 0.6) is 0 Å². The van der Waals surface area contributed by atoms with E-state index in [4.69, 9.17) is 5.73 Å². The van der Waals surface area contributed by atoms with Gasteiger partial charge in [-0.1, -0.05) is 37.8 Å². The number of nitrogens with one attached hydrogen (secondary N) is 1. The van der Waals surface area contributed by atoms with Gasteiger partial charge in [0.15, 0.2) is 5.96 Å². The van der Waals surface area contributed by atoms with Crippen LogP contribution in [-0.4, -0.2) is 26.1 Å². The van der Waals surface area contributed by atoms with E-state index in [0.29, 0.717) is 18.5 Å². The first-order valence-electron chi connectivity index (χ1n) is 7.98. The number of guanidine groups is 1. The van der Waals surface area contributed by atoms with Crippen LogP contribution in [0.4, 0.5) is 5.69 Å². The maximum Gasteiger partial charge on any atom is 0.189 e. The average Bonchev–Trinajstić information content (AvgIpc) is 2.74. The lowest BCUT2D eigenvalue weighted by Gasteiger charge is -2.17. The predicted octanol–water partition coefficient (Wildman–Crippen LogP) is 3.50. The number of nitrogens with two attached hydrogens (primary N) is 1. The van der Waals surface area contributed by atoms with Crippen molar-refractivity contribution < 1.29 is 0 Å². The van der Waals surface area contributed by atoms with Gasteiger partial charge >= 0.3 is 0 Å². The summed E-state index contributed by atoms with van der Waals surface area (Å²) >= 11 is 0. The smallest absolute Gasteiger partial charge is 0.189 e. The summed E-state index contributed by atoms with van der Waals surface area (Å²) in [5.74, 6) is 0.581. The van der Waals surface area contributed by atoms with Gasteiger partial charge in [-0.25, -0.2) is 4.99 Å². The van der Waals surface area contributed by atoms with Gasteiger partial charge in [0.05, 0.1) is 6.54 Å². The van der Waals surface area contributed by atoms with Gasteiger partial charge in [-0.15, -0.1) is 24.0 Å². The van der Waals surface area contributed by atoms with E-state index in [0.717, 1.165) is 0 Å². The predicted molar refractivity (Wildman–Crippen MR) is 106 cm³/mol. The molecule has 5 heteroatoms. The summed E-state index contributed by atoms with van der Waals surface area (Å²) in [6.07, 6.45) is 7.74. The molecule has 0 atom stereocenters. The Bertz CT molecular complexity index is 465. The van der Waals surface area contributed by atoms with Crippen molar-refractivity contribution >= 4 is 35.6 Å². The zero-order chi connectivity index (χ0) is 15.1. The summed E-state index contributed by atoms with van der Waals surface area (Å²) < 4.78 is 0. The van der Waals surface area contributed by atoms with Crippen LogP contribution in [0.1, 0.15) is 44.1 Å². The van der Waals surface area contributed by atoms with Crippen LogP contribution in [0.3, 0.4) is 0 Å². The zero-order valence-corrected chi connectivity index (χ0v) is 16.0. The number of hydrogen-bond acceptors (Lipinski definition) is 2. The van der Waals surface area contributed by atoms with Crippen molar-refractivity contribution in [1.29, 1.82) is 0 Å². The number of hydrogen-bond donors (Lipinski definition) is 2. The normalized spacial score (nSPS) is 16.5. The highest BCUT2D eigenvalue weighted by molar-refractivity contribution is 14.0. The van der Waals surface area contributed by atoms with E-state index in [-0.39, 0.29) is 24.0 Å². The highest BCUT2D eigenvalue weighted by Gasteiger charge is 2.12. The van der Waals surface area contributed by atoms with Crippen LogP contribution in [0.2, 0.25) is 0 Å². The summed E-state index contributed by atoms with van der Waals surface area (Å²) in [5, 5.41) is 3.38. The second kappa shape index (κ2) is 9.92. The topological polar surface area (TPSA) is 53.6 Å². The van der Waals surface area contributed by atoms with Crippen molar-refractivity contribution in [2.24, 2.45) is 10.7 Å². The van der Waals surface area contributed by atoms with Gasteiger partial charge in [0.1, 0.15) is 0 Å². The number of halogens is 1. The highest BCUT2D eigenvalue weighted by atomic mass is 127. The Morgan fingerprint density at radius 3 is 2.55 bits per heavy atom. The largest absolute Gasteiger partial charge is 0.378 e. The van der Waals surface area contributed by atoms with Crippen molar-refractivity contribution in [2.75, 3.05) is 19.0 Å². The van der Waals surface area contributed by atoms with Gasteiger partial charge in [-0.3, -0.25) is 0 Å². The molecule has 1 aromatic rings. The van der Waals surface area contributed by atoms with Gasteiger partial charge in [0, 0.05) is 25.8 Å². The van der Waals surface area contributed by atoms with E-state index in [1.165, 1.54) is 49.8 Å². The Kier molecular flexibility index (Phi) is 8.60. The summed E-state index contributed by atoms with van der Waals surface area (Å²) in [6, 6.07) is 8.91. The fourth-order valence-electron chi connectivity index (χ4n) is 2.79. The minimum absolute atomic E-state index is 0. The monoisotopic (exact) mass is 416 g/mol. The summed E-state index contributed by atoms with van der Waals surface area (Å²) in [6.45, 7) is 0.632. The molecule has 1 aliphatic rings. The van der Waals surface area contributed by atoms with Gasteiger partial charge in [-0.05, 0) is 30.5 Å². The highest BCUT2D eigenvalue weighted by Crippen LogP contribution is 2.17. The van der Waals surface area contributed by atoms with Gasteiger partial charge in [-0.2, -0.15) is 0 Å². The minimum atomic E-state index is 0. The molecule has 0 bridgehead atoms. The van der Waals surface area contributed by atoms with E-state index in [1.807, 2.05) is 14.1 Å². The van der Waals surface area contributed by atoms with E-state index < -0.39 is 0 Å². The van der Waals surface area contributed by atoms with Crippen molar-refractivity contribution in [3.63, 3.8) is 0 Å². The van der Waals surface area contributed by atoms with Crippen LogP contribution in [-0.2, 0) is 6.54 Å². The van der Waals surface area contributed by atoms with Crippen molar-refractivity contribution in [1.82, 2.24) is 5.32 Å². The van der Waals surface area contributed by atoms with Crippen LogP contribution < -0.4 is 16.0 Å². The first kappa shape index (κ1) is 19.1. The quantitative estimate of drug-likeness (QED) is 0.342. The molecule has 4 nitrogen and oxygen atoms in total. The molecule has 0 aliphatic heterocycles. The molecule has 0 heterocycles. The first-order valence-corrected chi connectivity index (χ1v) is 7.98. The van der Waals surface area contributed by atoms with E-state index in [2.05, 4.69) is 39.5 Å². The molecule has 1 aliphatic carbocycles. The Morgan fingerprint density at radius 2 is 1.91 bits per heavy atom. The fourth-order valence-corrected chi connectivity index (χ4v) is 2.79. The maximum atomic E-state index is 6.03. The molecule has 2 rings (SSSR count). The minimum Gasteiger partial charge on any atom is -0.378 e. The lowest BCUT2D eigenvalue weighted by atomic mass is 10.1. The van der Waals surface area contributed by atoms with Gasteiger partial charge in [0.25, 0.3) is 0 Å². The van der Waals surface area contributed by atoms with E-state index >= 15 is 0 Å². The average molecular weight is 416 g/mol. The molecule has 0 radical (unpaired) electrons. The summed E-state index contributed by atoms with van der Waals surface area (Å²) in [5.41, 5.74) is 8.41. The molecule has 22 heavy (non-hydrogen) atoms. The molecule has 1 aromatic carbocycles. The number of benzene rings is 1. The van der Waals surface area contributed by atoms with E-state index in [1.54, 1.807) is 0 Å². The van der Waals surface area contributed by atoms with Crippen LogP contribution in [0.15, 0.2) is 29.3 Å². The summed E-state index contributed by atoms with van der Waals surface area (Å²) in [7, 11) is 4.09. The standard InChI is InChI=1S/C17H28N4.HI/c1-21(2)16-11-7-8-14(12-16)13-19-17(18)20-15-9-5-3-4-6-10-15;/h7-8,11-12,15H,3-6,9-10,13H2,1-2H3,(H3,18,19,20);1H. The lowest BCUT2D eigenvalue weighted by molar-refractivity contribution is 0.530. The molecule has 0 aromatic heterocycles. The molecule has 1 fully saturated rings. The molecule has 0 unspecified atom stereocenters. The molecule has 0 amide bonds. The Morgan fingerprint density at radius 1 is 1.23 bits per heavy atom. The Balaban J connectivity index is 0.00000242. The maximum absolute atomic E-state index is 6.03. The zero-order valence-electron chi connectivity index (χ0n) is 13.7. The van der Waals surface area contributed by atoms with Crippen molar-refractivity contribution in [2.45, 2.75) is 51.1 Å². The number of anilines is 1. The van der Waals surface area contributed by atoms with Crippen LogP contribution in [0.25, 0.3) is 0 Å². The van der Waals surface area contributed by atoms with Gasteiger partial charge in [0.2, 0.25) is 0 Å². The molecular weight excluding hydrogens is 387 g/mol. The SMILES string of the molecule is CN(C)c1cccc(CN=C(N)NC2CCCCCC2)c1.I. The molecule has 3 N–H and O–H groups in total. The number of rotatable bonds is 4. The number of nitrogens with zero attached hydrogens (tertiary/aromatic N) is 2. The second-order valence-corrected chi connectivity index (χ2v) is 6.10. The summed E-state index contributed by atoms with van der Waals surface area (Å²) in [4.78, 5) is 6.58. The molecule has 124 valence electrons. The first-order chi connectivity index (χ1) is 10.1. The Labute approximate surface area is 151 Å². The number of aliphatic imine (C=N–C) groups is 1. The second-order valence-electron chi connectivity index (χ2n) is 6.10. The van der Waals surface area contributed by atoms with Crippen LogP contribution in [0, 0.1) is 0 Å². The third-order valence-electron chi connectivity index (χ3n) is 4.07.